The molecule has 0 aliphatic carbocycles. The molecule has 3 aromatic rings. The van der Waals surface area contributed by atoms with Crippen LogP contribution in [0.15, 0.2) is 28.5 Å². The first-order valence-electron chi connectivity index (χ1n) is 8.14. The van der Waals surface area contributed by atoms with Crippen LogP contribution in [0.2, 0.25) is 0 Å². The highest BCUT2D eigenvalue weighted by Gasteiger charge is 2.26. The summed E-state index contributed by atoms with van der Waals surface area (Å²) in [5.41, 5.74) is 0.466. The molecule has 156 valence electrons. The van der Waals surface area contributed by atoms with Crippen LogP contribution < -0.4 is 5.32 Å². The Kier molecular flexibility index (Phi) is 5.63. The maximum Gasteiger partial charge on any atom is 0.368 e. The molecule has 30 heavy (non-hydrogen) atoms. The van der Waals surface area contributed by atoms with E-state index in [0.29, 0.717) is 10.7 Å². The fourth-order valence-corrected chi connectivity index (χ4v) is 3.22. The van der Waals surface area contributed by atoms with Gasteiger partial charge in [-0.25, -0.2) is 14.8 Å². The number of imidazole rings is 2. The number of aromatic amines is 1. The van der Waals surface area contributed by atoms with Crippen molar-refractivity contribution in [3.05, 3.63) is 39.8 Å². The molecule has 0 radical (unpaired) electrons. The molecule has 3 aromatic heterocycles. The van der Waals surface area contributed by atoms with Crippen LogP contribution in [0.25, 0.3) is 5.65 Å². The summed E-state index contributed by atoms with van der Waals surface area (Å²) in [4.78, 5) is 55.4. The average Bonchev–Trinajstić information content (AvgIpc) is 3.23. The van der Waals surface area contributed by atoms with Crippen molar-refractivity contribution >= 4 is 41.1 Å². The molecule has 3 rings (SSSR count). The van der Waals surface area contributed by atoms with Crippen LogP contribution in [-0.2, 0) is 9.59 Å². The second kappa shape index (κ2) is 8.16. The second-order valence-corrected chi connectivity index (χ2v) is 6.90. The largest absolute Gasteiger partial charge is 0.481 e. The van der Waals surface area contributed by atoms with Gasteiger partial charge in [-0.3, -0.25) is 9.59 Å². The van der Waals surface area contributed by atoms with E-state index in [-0.39, 0.29) is 22.3 Å². The number of nitro groups is 1. The Hall–Kier alpha value is -4.01. The predicted molar refractivity (Wildman–Crippen MR) is 98.2 cm³/mol. The Morgan fingerprint density at radius 3 is 2.73 bits per heavy atom. The highest BCUT2D eigenvalue weighted by molar-refractivity contribution is 7.99. The number of H-pyrrole nitrogens is 1. The molecule has 4 N–H and O–H groups in total. The smallest absolute Gasteiger partial charge is 0.368 e. The summed E-state index contributed by atoms with van der Waals surface area (Å²) in [7, 11) is 0. The van der Waals surface area contributed by atoms with Crippen LogP contribution in [0.5, 0.6) is 0 Å². The summed E-state index contributed by atoms with van der Waals surface area (Å²) in [5, 5.41) is 35.6. The number of carbonyl (C=O) groups is 3. The summed E-state index contributed by atoms with van der Waals surface area (Å²) >= 11 is 0.975. The third kappa shape index (κ3) is 4.35. The Balaban J connectivity index is 1.80. The average molecular weight is 435 g/mol. The van der Waals surface area contributed by atoms with E-state index in [1.54, 1.807) is 6.07 Å². The van der Waals surface area contributed by atoms with Crippen molar-refractivity contribution in [2.45, 2.75) is 29.6 Å². The molecule has 15 heteroatoms. The van der Waals surface area contributed by atoms with E-state index in [9.17, 15) is 24.5 Å². The van der Waals surface area contributed by atoms with Crippen molar-refractivity contribution in [2.75, 3.05) is 0 Å². The fourth-order valence-electron chi connectivity index (χ4n) is 2.43. The number of aryl methyl sites for hydroxylation is 1. The lowest BCUT2D eigenvalue weighted by atomic mass is 10.2. The van der Waals surface area contributed by atoms with Crippen molar-refractivity contribution in [1.29, 1.82) is 0 Å². The molecule has 1 atom stereocenters. The van der Waals surface area contributed by atoms with Crippen LogP contribution in [0.3, 0.4) is 0 Å². The Morgan fingerprint density at radius 2 is 2.10 bits per heavy atom. The van der Waals surface area contributed by atoms with Crippen LogP contribution in [-0.4, -0.2) is 63.6 Å². The third-order valence-electron chi connectivity index (χ3n) is 3.77. The van der Waals surface area contributed by atoms with Gasteiger partial charge in [-0.05, 0) is 29.7 Å². The number of nitrogens with zero attached hydrogens (tertiary/aromatic N) is 5. The molecule has 14 nitrogen and oxygen atoms in total. The predicted octanol–water partition coefficient (Wildman–Crippen LogP) is 0.478. The van der Waals surface area contributed by atoms with E-state index in [2.05, 4.69) is 25.4 Å². The number of carboxylic acids is 2. The number of carbonyl (C=O) groups excluding carboxylic acids is 1. The first-order chi connectivity index (χ1) is 14.2. The zero-order valence-corrected chi connectivity index (χ0v) is 15.9. The number of fused-ring (bicyclic) bond motifs is 1. The van der Waals surface area contributed by atoms with E-state index in [1.807, 2.05) is 0 Å². The van der Waals surface area contributed by atoms with E-state index >= 15 is 0 Å². The first kappa shape index (κ1) is 20.7. The lowest BCUT2D eigenvalue weighted by Gasteiger charge is -2.11. The van der Waals surface area contributed by atoms with Gasteiger partial charge in [0.1, 0.15) is 23.0 Å². The van der Waals surface area contributed by atoms with Gasteiger partial charge in [0.25, 0.3) is 5.91 Å². The van der Waals surface area contributed by atoms with Gasteiger partial charge in [0.05, 0.1) is 6.42 Å². The third-order valence-corrected chi connectivity index (χ3v) is 4.58. The zero-order chi connectivity index (χ0) is 22.0. The Labute approximate surface area is 170 Å². The number of hydrogen-bond acceptors (Lipinski definition) is 9. The minimum absolute atomic E-state index is 0.121. The molecule has 0 aromatic carbocycles. The monoisotopic (exact) mass is 435 g/mol. The van der Waals surface area contributed by atoms with Gasteiger partial charge in [0, 0.05) is 11.8 Å². The molecular weight excluding hydrogens is 422 g/mol. The summed E-state index contributed by atoms with van der Waals surface area (Å²) in [5.74, 6) is -4.06. The quantitative estimate of drug-likeness (QED) is 0.282. The van der Waals surface area contributed by atoms with E-state index in [1.165, 1.54) is 13.0 Å². The standard InChI is InChI=1S/C15H13N7O7S/c1-6-12(13(25)18-7(14(26)27)4-11(23)24)19-15(17-6)30-9-3-2-8-16-5-10(22(28)29)21(8)20-9/h2-3,5,7H,4H2,1H3,(H,17,19)(H,18,25)(H,23,24)(H,26,27). The number of rotatable bonds is 8. The number of hydrogen-bond donors (Lipinski definition) is 4. The van der Waals surface area contributed by atoms with Gasteiger partial charge in [-0.15, -0.1) is 0 Å². The first-order valence-corrected chi connectivity index (χ1v) is 8.96. The maximum atomic E-state index is 12.3. The van der Waals surface area contributed by atoms with Gasteiger partial charge in [0.15, 0.2) is 5.16 Å². The molecule has 1 unspecified atom stereocenters. The van der Waals surface area contributed by atoms with E-state index in [0.717, 1.165) is 22.5 Å². The minimum Gasteiger partial charge on any atom is -0.481 e. The molecule has 0 bridgehead atoms. The maximum absolute atomic E-state index is 12.3. The van der Waals surface area contributed by atoms with Crippen molar-refractivity contribution in [3.8, 4) is 0 Å². The van der Waals surface area contributed by atoms with Crippen molar-refractivity contribution in [3.63, 3.8) is 0 Å². The number of aromatic nitrogens is 5. The number of carboxylic acid groups (broad SMARTS) is 2. The fraction of sp³-hybridized carbons (Fsp3) is 0.200. The summed E-state index contributed by atoms with van der Waals surface area (Å²) in [6, 6.07) is 1.46. The molecule has 1 amide bonds. The molecule has 0 spiro atoms. The molecule has 0 saturated heterocycles. The Bertz CT molecular complexity index is 1170. The lowest BCUT2D eigenvalue weighted by molar-refractivity contribution is -0.391. The van der Waals surface area contributed by atoms with Crippen LogP contribution >= 0.6 is 11.8 Å². The summed E-state index contributed by atoms with van der Waals surface area (Å²) < 4.78 is 1.05. The molecule has 0 aliphatic rings. The zero-order valence-electron chi connectivity index (χ0n) is 15.1. The van der Waals surface area contributed by atoms with Gasteiger partial charge in [-0.2, -0.15) is 0 Å². The van der Waals surface area contributed by atoms with Crippen LogP contribution in [0.4, 0.5) is 5.82 Å². The van der Waals surface area contributed by atoms with Crippen molar-refractivity contribution in [1.82, 2.24) is 29.9 Å². The number of nitrogens with one attached hydrogen (secondary N) is 2. The SMILES string of the molecule is Cc1[nH]c(Sc2ccc3ncc([N+](=O)[O-])n3n2)nc1C(=O)NC(CC(=O)O)C(=O)O. The number of aliphatic carboxylic acids is 2. The highest BCUT2D eigenvalue weighted by atomic mass is 32.2. The lowest BCUT2D eigenvalue weighted by Crippen LogP contribution is -2.42. The highest BCUT2D eigenvalue weighted by Crippen LogP contribution is 2.25. The van der Waals surface area contributed by atoms with Gasteiger partial charge >= 0.3 is 17.8 Å². The topological polar surface area (TPSA) is 206 Å². The summed E-state index contributed by atoms with van der Waals surface area (Å²) in [6.45, 7) is 1.52. The molecule has 0 fully saturated rings. The summed E-state index contributed by atoms with van der Waals surface area (Å²) in [6.07, 6.45) is 0.284. The number of amides is 1. The van der Waals surface area contributed by atoms with Crippen LogP contribution in [0.1, 0.15) is 22.6 Å². The normalized spacial score (nSPS) is 11.9. The van der Waals surface area contributed by atoms with Crippen molar-refractivity contribution < 1.29 is 29.5 Å². The molecular formula is C15H13N7O7S. The molecule has 3 heterocycles. The van der Waals surface area contributed by atoms with Crippen molar-refractivity contribution in [2.24, 2.45) is 0 Å². The van der Waals surface area contributed by atoms with E-state index in [4.69, 9.17) is 10.2 Å². The van der Waals surface area contributed by atoms with Gasteiger partial charge in [0.2, 0.25) is 5.65 Å². The minimum atomic E-state index is -1.62. The van der Waals surface area contributed by atoms with Gasteiger partial charge < -0.3 is 30.6 Å². The van der Waals surface area contributed by atoms with Gasteiger partial charge in [-0.1, -0.05) is 9.61 Å². The second-order valence-electron chi connectivity index (χ2n) is 5.89. The molecule has 0 aliphatic heterocycles. The molecule has 0 saturated carbocycles. The van der Waals surface area contributed by atoms with Crippen LogP contribution in [0, 0.1) is 17.0 Å². The Morgan fingerprint density at radius 1 is 1.37 bits per heavy atom. The van der Waals surface area contributed by atoms with E-state index < -0.39 is 35.2 Å².